The number of ether oxygens (including phenoxy) is 2. The van der Waals surface area contributed by atoms with Gasteiger partial charge in [-0.1, -0.05) is 6.92 Å². The van der Waals surface area contributed by atoms with Crippen molar-refractivity contribution >= 4 is 11.6 Å². The molecule has 1 unspecified atom stereocenters. The molecule has 0 radical (unpaired) electrons. The zero-order valence-corrected chi connectivity index (χ0v) is 17.2. The van der Waals surface area contributed by atoms with Crippen LogP contribution in [-0.4, -0.2) is 57.2 Å². The van der Waals surface area contributed by atoms with E-state index in [0.717, 1.165) is 25.4 Å². The third-order valence-electron chi connectivity index (χ3n) is 5.19. The molecule has 1 amide bonds. The van der Waals surface area contributed by atoms with Crippen LogP contribution in [0.1, 0.15) is 39.5 Å². The molecule has 0 aromatic heterocycles. The van der Waals surface area contributed by atoms with Crippen molar-refractivity contribution in [2.45, 2.75) is 45.6 Å². The summed E-state index contributed by atoms with van der Waals surface area (Å²) in [7, 11) is 3.18. The summed E-state index contributed by atoms with van der Waals surface area (Å²) in [6.45, 7) is 8.92. The second kappa shape index (κ2) is 11.1. The number of anilines is 1. The number of piperidine rings is 1. The Labute approximate surface area is 163 Å². The van der Waals surface area contributed by atoms with E-state index in [9.17, 15) is 4.79 Å². The zero-order valence-electron chi connectivity index (χ0n) is 17.2. The number of hydrogen-bond acceptors (Lipinski definition) is 5. The van der Waals surface area contributed by atoms with Gasteiger partial charge in [0.15, 0.2) is 0 Å². The summed E-state index contributed by atoms with van der Waals surface area (Å²) in [4.78, 5) is 14.9. The molecular weight excluding hydrogens is 342 g/mol. The van der Waals surface area contributed by atoms with Gasteiger partial charge in [-0.25, -0.2) is 0 Å². The van der Waals surface area contributed by atoms with Gasteiger partial charge in [-0.2, -0.15) is 0 Å². The minimum atomic E-state index is -0.0246. The summed E-state index contributed by atoms with van der Waals surface area (Å²) >= 11 is 0. The third-order valence-corrected chi connectivity index (χ3v) is 5.19. The normalized spacial score (nSPS) is 16.7. The van der Waals surface area contributed by atoms with Gasteiger partial charge in [-0.15, -0.1) is 0 Å². The highest BCUT2D eigenvalue weighted by Crippen LogP contribution is 2.29. The Morgan fingerprint density at radius 3 is 2.67 bits per heavy atom. The number of benzene rings is 1. The molecule has 1 aromatic carbocycles. The van der Waals surface area contributed by atoms with Crippen molar-refractivity contribution in [1.82, 2.24) is 10.2 Å². The van der Waals surface area contributed by atoms with Crippen molar-refractivity contribution in [3.05, 3.63) is 18.2 Å². The molecule has 1 fully saturated rings. The number of rotatable bonds is 10. The Morgan fingerprint density at radius 1 is 1.26 bits per heavy atom. The lowest BCUT2D eigenvalue weighted by atomic mass is 9.99. The number of nitrogens with one attached hydrogen (secondary N) is 2. The number of likely N-dealkylation sites (tertiary alicyclic amines) is 1. The van der Waals surface area contributed by atoms with Crippen LogP contribution in [0, 0.1) is 5.92 Å². The molecular formula is C21H35N3O3. The number of nitrogens with zero attached hydrogens (tertiary/aromatic N) is 1. The lowest BCUT2D eigenvalue weighted by Gasteiger charge is -2.30. The predicted octanol–water partition coefficient (Wildman–Crippen LogP) is 3.13. The molecule has 0 spiro atoms. The molecule has 2 N–H and O–H groups in total. The molecule has 0 aliphatic carbocycles. The fourth-order valence-electron chi connectivity index (χ4n) is 3.39. The Balaban J connectivity index is 1.66. The summed E-state index contributed by atoms with van der Waals surface area (Å²) < 4.78 is 10.5. The van der Waals surface area contributed by atoms with Crippen LogP contribution in [-0.2, 0) is 4.79 Å². The van der Waals surface area contributed by atoms with Gasteiger partial charge in [0.2, 0.25) is 5.91 Å². The Bertz CT molecular complexity index is 586. The largest absolute Gasteiger partial charge is 0.497 e. The molecule has 27 heavy (non-hydrogen) atoms. The molecule has 0 saturated carbocycles. The van der Waals surface area contributed by atoms with Gasteiger partial charge in [0, 0.05) is 18.5 Å². The van der Waals surface area contributed by atoms with E-state index < -0.39 is 0 Å². The minimum absolute atomic E-state index is 0.0246. The third kappa shape index (κ3) is 7.39. The molecule has 1 heterocycles. The van der Waals surface area contributed by atoms with Gasteiger partial charge in [-0.3, -0.25) is 4.79 Å². The van der Waals surface area contributed by atoms with Crippen LogP contribution in [0.5, 0.6) is 11.5 Å². The van der Waals surface area contributed by atoms with Crippen molar-refractivity contribution in [3.8, 4) is 11.5 Å². The van der Waals surface area contributed by atoms with E-state index in [4.69, 9.17) is 9.47 Å². The molecule has 1 saturated heterocycles. The molecule has 0 bridgehead atoms. The highest BCUT2D eigenvalue weighted by molar-refractivity contribution is 5.92. The van der Waals surface area contributed by atoms with E-state index >= 15 is 0 Å². The van der Waals surface area contributed by atoms with Gasteiger partial charge in [-0.05, 0) is 70.4 Å². The van der Waals surface area contributed by atoms with Crippen molar-refractivity contribution in [2.24, 2.45) is 5.92 Å². The minimum Gasteiger partial charge on any atom is -0.497 e. The van der Waals surface area contributed by atoms with Gasteiger partial charge >= 0.3 is 0 Å². The van der Waals surface area contributed by atoms with Crippen LogP contribution in [0.4, 0.5) is 5.69 Å². The van der Waals surface area contributed by atoms with Crippen molar-refractivity contribution in [2.75, 3.05) is 45.7 Å². The fraction of sp³-hybridized carbons (Fsp3) is 0.667. The first-order valence-electron chi connectivity index (χ1n) is 9.99. The van der Waals surface area contributed by atoms with Gasteiger partial charge in [0.25, 0.3) is 0 Å². The Hall–Kier alpha value is -1.79. The summed E-state index contributed by atoms with van der Waals surface area (Å²) in [5, 5.41) is 6.38. The average Bonchev–Trinajstić information content (AvgIpc) is 2.66. The van der Waals surface area contributed by atoms with Gasteiger partial charge < -0.3 is 25.0 Å². The molecule has 1 aliphatic rings. The Morgan fingerprint density at radius 2 is 2.00 bits per heavy atom. The first kappa shape index (κ1) is 21.5. The van der Waals surface area contributed by atoms with E-state index in [0.29, 0.717) is 23.6 Å². The molecule has 6 nitrogen and oxygen atoms in total. The quantitative estimate of drug-likeness (QED) is 0.614. The highest BCUT2D eigenvalue weighted by Gasteiger charge is 2.15. The van der Waals surface area contributed by atoms with E-state index in [2.05, 4.69) is 22.5 Å². The molecule has 1 aliphatic heterocycles. The average molecular weight is 378 g/mol. The summed E-state index contributed by atoms with van der Waals surface area (Å²) in [5.74, 6) is 2.15. The second-order valence-corrected chi connectivity index (χ2v) is 7.55. The van der Waals surface area contributed by atoms with Crippen LogP contribution in [0.15, 0.2) is 18.2 Å². The number of carbonyl (C=O) groups excluding carboxylic acids is 1. The smallest absolute Gasteiger partial charge is 0.226 e. The van der Waals surface area contributed by atoms with E-state index in [1.165, 1.54) is 25.9 Å². The van der Waals surface area contributed by atoms with Gasteiger partial charge in [0.1, 0.15) is 11.5 Å². The Kier molecular flexibility index (Phi) is 8.88. The lowest BCUT2D eigenvalue weighted by molar-refractivity contribution is -0.116. The standard InChI is InChI=1S/C21H35N3O3/c1-16-8-12-24(13-9-16)11-5-10-22-17(2)14-21(25)23-19-7-6-18(26-3)15-20(19)27-4/h6-7,15-17,22H,5,8-14H2,1-4H3,(H,23,25). The summed E-state index contributed by atoms with van der Waals surface area (Å²) in [6.07, 6.45) is 4.18. The molecule has 1 atom stereocenters. The second-order valence-electron chi connectivity index (χ2n) is 7.55. The number of methoxy groups -OCH3 is 2. The number of carbonyl (C=O) groups is 1. The summed E-state index contributed by atoms with van der Waals surface area (Å²) in [6, 6.07) is 5.50. The van der Waals surface area contributed by atoms with Crippen LogP contribution >= 0.6 is 0 Å². The summed E-state index contributed by atoms with van der Waals surface area (Å²) in [5.41, 5.74) is 0.662. The topological polar surface area (TPSA) is 62.8 Å². The fourth-order valence-corrected chi connectivity index (χ4v) is 3.39. The first-order chi connectivity index (χ1) is 13.0. The van der Waals surface area contributed by atoms with Crippen molar-refractivity contribution in [3.63, 3.8) is 0 Å². The van der Waals surface area contributed by atoms with E-state index in [-0.39, 0.29) is 11.9 Å². The van der Waals surface area contributed by atoms with Crippen molar-refractivity contribution < 1.29 is 14.3 Å². The maximum atomic E-state index is 12.3. The maximum absolute atomic E-state index is 12.3. The van der Waals surface area contributed by atoms with Crippen LogP contribution < -0.4 is 20.1 Å². The molecule has 6 heteroatoms. The SMILES string of the molecule is COc1ccc(NC(=O)CC(C)NCCCN2CCC(C)CC2)c(OC)c1. The number of hydrogen-bond donors (Lipinski definition) is 2. The van der Waals surface area contributed by atoms with E-state index in [1.807, 2.05) is 6.92 Å². The lowest BCUT2D eigenvalue weighted by Crippen LogP contribution is -2.36. The van der Waals surface area contributed by atoms with E-state index in [1.54, 1.807) is 32.4 Å². The molecule has 2 rings (SSSR count). The molecule has 152 valence electrons. The van der Waals surface area contributed by atoms with Crippen molar-refractivity contribution in [1.29, 1.82) is 0 Å². The van der Waals surface area contributed by atoms with Crippen LogP contribution in [0.2, 0.25) is 0 Å². The van der Waals surface area contributed by atoms with Gasteiger partial charge in [0.05, 0.1) is 19.9 Å². The predicted molar refractivity (Wildman–Crippen MR) is 110 cm³/mol. The molecule has 1 aromatic rings. The monoisotopic (exact) mass is 377 g/mol. The maximum Gasteiger partial charge on any atom is 0.226 e. The van der Waals surface area contributed by atoms with Crippen LogP contribution in [0.3, 0.4) is 0 Å². The zero-order chi connectivity index (χ0) is 19.6. The van der Waals surface area contributed by atoms with Crippen LogP contribution in [0.25, 0.3) is 0 Å². The highest BCUT2D eigenvalue weighted by atomic mass is 16.5. The number of amides is 1. The first-order valence-corrected chi connectivity index (χ1v) is 9.99.